The molecule has 0 saturated carbocycles. The van der Waals surface area contributed by atoms with Gasteiger partial charge in [0.1, 0.15) is 5.69 Å². The SMILES string of the molecule is Cc1ccncc1-n1c(C(N)=O)cc2ccccc2c1=O. The standard InChI is InChI=1S/C16H13N3O2/c1-10-6-7-18-9-14(10)19-13(15(17)20)8-11-4-2-3-5-12(11)16(19)21/h2-9H,1H3,(H2,17,20). The summed E-state index contributed by atoms with van der Waals surface area (Å²) >= 11 is 0. The highest BCUT2D eigenvalue weighted by Crippen LogP contribution is 2.17. The Labute approximate surface area is 120 Å². The van der Waals surface area contributed by atoms with Crippen molar-refractivity contribution in [2.24, 2.45) is 5.73 Å². The molecular weight excluding hydrogens is 266 g/mol. The van der Waals surface area contributed by atoms with Crippen molar-refractivity contribution in [3.05, 3.63) is 70.4 Å². The van der Waals surface area contributed by atoms with E-state index in [-0.39, 0.29) is 11.3 Å². The van der Waals surface area contributed by atoms with Gasteiger partial charge < -0.3 is 5.73 Å². The van der Waals surface area contributed by atoms with Crippen molar-refractivity contribution in [1.82, 2.24) is 9.55 Å². The molecule has 0 aliphatic heterocycles. The van der Waals surface area contributed by atoms with E-state index >= 15 is 0 Å². The molecule has 1 aromatic carbocycles. The van der Waals surface area contributed by atoms with Crippen molar-refractivity contribution in [2.45, 2.75) is 6.92 Å². The Morgan fingerprint density at radius 2 is 2.00 bits per heavy atom. The van der Waals surface area contributed by atoms with Gasteiger partial charge in [0.25, 0.3) is 11.5 Å². The third kappa shape index (κ3) is 2.08. The lowest BCUT2D eigenvalue weighted by Crippen LogP contribution is -2.28. The Kier molecular flexibility index (Phi) is 3.02. The lowest BCUT2D eigenvalue weighted by atomic mass is 10.1. The normalized spacial score (nSPS) is 10.7. The second kappa shape index (κ2) is 4.86. The van der Waals surface area contributed by atoms with Crippen LogP contribution in [0.2, 0.25) is 0 Å². The van der Waals surface area contributed by atoms with Crippen LogP contribution >= 0.6 is 0 Å². The van der Waals surface area contributed by atoms with E-state index in [2.05, 4.69) is 4.98 Å². The molecule has 5 nitrogen and oxygen atoms in total. The largest absolute Gasteiger partial charge is 0.364 e. The Morgan fingerprint density at radius 3 is 2.71 bits per heavy atom. The van der Waals surface area contributed by atoms with Crippen LogP contribution in [0.25, 0.3) is 16.5 Å². The van der Waals surface area contributed by atoms with Crippen LogP contribution < -0.4 is 11.3 Å². The molecule has 0 aliphatic carbocycles. The number of carbonyl (C=O) groups excluding carboxylic acids is 1. The zero-order valence-electron chi connectivity index (χ0n) is 11.4. The zero-order chi connectivity index (χ0) is 15.0. The highest BCUT2D eigenvalue weighted by Gasteiger charge is 2.15. The maximum atomic E-state index is 12.7. The lowest BCUT2D eigenvalue weighted by molar-refractivity contribution is 0.0993. The highest BCUT2D eigenvalue weighted by atomic mass is 16.2. The number of aryl methyl sites for hydroxylation is 1. The molecule has 1 amide bonds. The van der Waals surface area contributed by atoms with Gasteiger partial charge in [-0.15, -0.1) is 0 Å². The van der Waals surface area contributed by atoms with Crippen molar-refractivity contribution in [2.75, 3.05) is 0 Å². The zero-order valence-corrected chi connectivity index (χ0v) is 11.4. The van der Waals surface area contributed by atoms with Gasteiger partial charge in [0.05, 0.1) is 11.9 Å². The fraction of sp³-hybridized carbons (Fsp3) is 0.0625. The molecule has 0 bridgehead atoms. The summed E-state index contributed by atoms with van der Waals surface area (Å²) < 4.78 is 1.33. The third-order valence-corrected chi connectivity index (χ3v) is 3.43. The quantitative estimate of drug-likeness (QED) is 0.776. The first-order chi connectivity index (χ1) is 10.1. The van der Waals surface area contributed by atoms with E-state index in [1.54, 1.807) is 42.7 Å². The fourth-order valence-electron chi connectivity index (χ4n) is 2.37. The van der Waals surface area contributed by atoms with Crippen LogP contribution in [-0.4, -0.2) is 15.5 Å². The van der Waals surface area contributed by atoms with Gasteiger partial charge in [0, 0.05) is 11.6 Å². The number of fused-ring (bicyclic) bond motifs is 1. The number of carbonyl (C=O) groups is 1. The first kappa shape index (κ1) is 13.1. The molecule has 21 heavy (non-hydrogen) atoms. The van der Waals surface area contributed by atoms with Gasteiger partial charge in [-0.05, 0) is 36.1 Å². The molecule has 0 fully saturated rings. The molecule has 0 aliphatic rings. The molecule has 0 spiro atoms. The van der Waals surface area contributed by atoms with E-state index in [4.69, 9.17) is 5.73 Å². The molecule has 5 heteroatoms. The predicted molar refractivity (Wildman–Crippen MR) is 80.6 cm³/mol. The molecule has 3 aromatic rings. The number of aromatic nitrogens is 2. The number of hydrogen-bond donors (Lipinski definition) is 1. The molecule has 2 heterocycles. The Balaban J connectivity index is 2.49. The van der Waals surface area contributed by atoms with E-state index in [1.807, 2.05) is 13.0 Å². The topological polar surface area (TPSA) is 78.0 Å². The minimum absolute atomic E-state index is 0.148. The van der Waals surface area contributed by atoms with Crippen molar-refractivity contribution in [3.8, 4) is 5.69 Å². The van der Waals surface area contributed by atoms with Crippen molar-refractivity contribution < 1.29 is 4.79 Å². The van der Waals surface area contributed by atoms with Crippen LogP contribution in [0.1, 0.15) is 16.1 Å². The third-order valence-electron chi connectivity index (χ3n) is 3.43. The molecule has 104 valence electrons. The maximum absolute atomic E-state index is 12.7. The van der Waals surface area contributed by atoms with Gasteiger partial charge in [-0.2, -0.15) is 0 Å². The van der Waals surface area contributed by atoms with Gasteiger partial charge in [-0.3, -0.25) is 19.1 Å². The molecule has 2 N–H and O–H groups in total. The average Bonchev–Trinajstić information content (AvgIpc) is 2.48. The van der Waals surface area contributed by atoms with Gasteiger partial charge in [0.2, 0.25) is 0 Å². The van der Waals surface area contributed by atoms with E-state index < -0.39 is 5.91 Å². The Bertz CT molecular complexity index is 913. The van der Waals surface area contributed by atoms with E-state index in [0.717, 1.165) is 5.56 Å². The molecule has 0 saturated heterocycles. The average molecular weight is 279 g/mol. The minimum atomic E-state index is -0.652. The van der Waals surface area contributed by atoms with Gasteiger partial charge in [-0.25, -0.2) is 0 Å². The van der Waals surface area contributed by atoms with Crippen molar-refractivity contribution in [3.63, 3.8) is 0 Å². The molecule has 0 unspecified atom stereocenters. The van der Waals surface area contributed by atoms with Crippen LogP contribution in [0.15, 0.2) is 53.6 Å². The Hall–Kier alpha value is -2.95. The summed E-state index contributed by atoms with van der Waals surface area (Å²) in [5.74, 6) is -0.652. The van der Waals surface area contributed by atoms with Crippen LogP contribution in [-0.2, 0) is 0 Å². The number of pyridine rings is 2. The molecule has 2 aromatic heterocycles. The van der Waals surface area contributed by atoms with Crippen LogP contribution in [0.4, 0.5) is 0 Å². The van der Waals surface area contributed by atoms with Crippen LogP contribution in [0.5, 0.6) is 0 Å². The minimum Gasteiger partial charge on any atom is -0.364 e. The summed E-state index contributed by atoms with van der Waals surface area (Å²) in [7, 11) is 0. The second-order valence-corrected chi connectivity index (χ2v) is 4.78. The number of primary amides is 1. The van der Waals surface area contributed by atoms with E-state index in [9.17, 15) is 9.59 Å². The number of nitrogens with two attached hydrogens (primary N) is 1. The molecule has 0 radical (unpaired) electrons. The molecule has 3 rings (SSSR count). The smallest absolute Gasteiger partial charge is 0.265 e. The summed E-state index contributed by atoms with van der Waals surface area (Å²) in [4.78, 5) is 28.5. The lowest BCUT2D eigenvalue weighted by Gasteiger charge is -2.13. The van der Waals surface area contributed by atoms with Crippen molar-refractivity contribution in [1.29, 1.82) is 0 Å². The van der Waals surface area contributed by atoms with Gasteiger partial charge >= 0.3 is 0 Å². The van der Waals surface area contributed by atoms with E-state index in [1.165, 1.54) is 4.57 Å². The Morgan fingerprint density at radius 1 is 1.24 bits per heavy atom. The highest BCUT2D eigenvalue weighted by molar-refractivity contribution is 5.96. The first-order valence-corrected chi connectivity index (χ1v) is 6.45. The van der Waals surface area contributed by atoms with Gasteiger partial charge in [-0.1, -0.05) is 18.2 Å². The van der Waals surface area contributed by atoms with Gasteiger partial charge in [0.15, 0.2) is 0 Å². The summed E-state index contributed by atoms with van der Waals surface area (Å²) in [6, 6.07) is 10.5. The molecule has 0 atom stereocenters. The van der Waals surface area contributed by atoms with Crippen molar-refractivity contribution >= 4 is 16.7 Å². The fourth-order valence-corrected chi connectivity index (χ4v) is 2.37. The predicted octanol–water partition coefficient (Wildman–Crippen LogP) is 1.79. The molecular formula is C16H13N3O2. The second-order valence-electron chi connectivity index (χ2n) is 4.78. The summed E-state index contributed by atoms with van der Waals surface area (Å²) in [6.45, 7) is 1.85. The summed E-state index contributed by atoms with van der Waals surface area (Å²) in [5.41, 5.74) is 6.71. The number of nitrogens with zero attached hydrogens (tertiary/aromatic N) is 2. The monoisotopic (exact) mass is 279 g/mol. The summed E-state index contributed by atoms with van der Waals surface area (Å²) in [6.07, 6.45) is 3.19. The maximum Gasteiger partial charge on any atom is 0.265 e. The number of rotatable bonds is 2. The van der Waals surface area contributed by atoms with E-state index in [0.29, 0.717) is 16.5 Å². The summed E-state index contributed by atoms with van der Waals surface area (Å²) in [5, 5.41) is 1.22. The van der Waals surface area contributed by atoms with Crippen LogP contribution in [0, 0.1) is 6.92 Å². The number of amides is 1. The van der Waals surface area contributed by atoms with Crippen LogP contribution in [0.3, 0.4) is 0 Å². The number of benzene rings is 1. The number of hydrogen-bond acceptors (Lipinski definition) is 3. The first-order valence-electron chi connectivity index (χ1n) is 6.45.